The van der Waals surface area contributed by atoms with E-state index in [1.807, 2.05) is 6.92 Å². The fraction of sp³-hybridized carbons (Fsp3) is 0.516. The number of ether oxygens (including phenoxy) is 2. The molecule has 9 heteroatoms. The van der Waals surface area contributed by atoms with E-state index in [0.717, 1.165) is 37.1 Å². The van der Waals surface area contributed by atoms with Crippen LogP contribution in [0.4, 0.5) is 0 Å². The smallest absolute Gasteiger partial charge is 0.294 e. The lowest BCUT2D eigenvalue weighted by Crippen LogP contribution is -2.52. The molecule has 0 aliphatic carbocycles. The van der Waals surface area contributed by atoms with Crippen molar-refractivity contribution in [3.8, 4) is 6.07 Å². The summed E-state index contributed by atoms with van der Waals surface area (Å²) in [6, 6.07) is 17.2. The molecular weight excluding hydrogens is 528 g/mol. The SMILES string of the molecule is C=C(O)C[N+](CCOC)(CCOC)Cc1ccc(C(CC)CC(C#N)CC(C)c2ccc(S(=O)(=O)O)cc2)cc1. The summed E-state index contributed by atoms with van der Waals surface area (Å²) < 4.78 is 43.2. The lowest BCUT2D eigenvalue weighted by atomic mass is 9.82. The molecule has 0 spiro atoms. The number of nitriles is 1. The highest BCUT2D eigenvalue weighted by atomic mass is 32.2. The van der Waals surface area contributed by atoms with Crippen LogP contribution < -0.4 is 0 Å². The molecule has 0 bridgehead atoms. The van der Waals surface area contributed by atoms with Gasteiger partial charge in [0.05, 0.1) is 24.2 Å². The molecule has 0 saturated carbocycles. The number of hydrogen-bond acceptors (Lipinski definition) is 6. The monoisotopic (exact) mass is 573 g/mol. The van der Waals surface area contributed by atoms with Gasteiger partial charge in [0, 0.05) is 25.7 Å². The maximum absolute atomic E-state index is 11.3. The molecule has 220 valence electrons. The van der Waals surface area contributed by atoms with E-state index in [1.165, 1.54) is 17.7 Å². The van der Waals surface area contributed by atoms with E-state index in [1.54, 1.807) is 26.4 Å². The lowest BCUT2D eigenvalue weighted by molar-refractivity contribution is -0.938. The normalized spacial score (nSPS) is 14.3. The number of rotatable bonds is 18. The molecule has 2 N–H and O–H groups in total. The molecule has 8 nitrogen and oxygen atoms in total. The van der Waals surface area contributed by atoms with E-state index in [-0.39, 0.29) is 28.4 Å². The average Bonchev–Trinajstić information content (AvgIpc) is 2.92. The molecule has 0 fully saturated rings. The van der Waals surface area contributed by atoms with Crippen LogP contribution in [0.5, 0.6) is 0 Å². The first-order chi connectivity index (χ1) is 19.0. The largest absolute Gasteiger partial charge is 0.507 e. The zero-order valence-electron chi connectivity index (χ0n) is 24.3. The molecule has 2 aromatic carbocycles. The van der Waals surface area contributed by atoms with Crippen LogP contribution in [0.1, 0.15) is 61.6 Å². The molecular formula is C31H45N2O6S+. The van der Waals surface area contributed by atoms with Crippen LogP contribution in [0.25, 0.3) is 0 Å². The van der Waals surface area contributed by atoms with Crippen molar-refractivity contribution in [1.29, 1.82) is 5.26 Å². The van der Waals surface area contributed by atoms with Gasteiger partial charge in [-0.15, -0.1) is 0 Å². The van der Waals surface area contributed by atoms with Crippen molar-refractivity contribution < 1.29 is 32.0 Å². The third-order valence-electron chi connectivity index (χ3n) is 7.66. The molecule has 0 heterocycles. The van der Waals surface area contributed by atoms with Crippen molar-refractivity contribution in [2.45, 2.75) is 56.4 Å². The predicted octanol–water partition coefficient (Wildman–Crippen LogP) is 5.83. The second-order valence-corrected chi connectivity index (χ2v) is 12.2. The summed E-state index contributed by atoms with van der Waals surface area (Å²) in [5, 5.41) is 20.0. The van der Waals surface area contributed by atoms with Gasteiger partial charge in [-0.25, -0.2) is 0 Å². The van der Waals surface area contributed by atoms with Gasteiger partial charge in [-0.3, -0.25) is 4.55 Å². The maximum atomic E-state index is 11.3. The zero-order valence-corrected chi connectivity index (χ0v) is 25.1. The fourth-order valence-corrected chi connectivity index (χ4v) is 5.82. The molecule has 2 aromatic rings. The van der Waals surface area contributed by atoms with Crippen LogP contribution in [0.2, 0.25) is 0 Å². The van der Waals surface area contributed by atoms with Gasteiger partial charge in [-0.1, -0.05) is 56.8 Å². The van der Waals surface area contributed by atoms with E-state index in [0.29, 0.717) is 37.2 Å². The first-order valence-electron chi connectivity index (χ1n) is 13.7. The number of nitrogens with zero attached hydrogens (tertiary/aromatic N) is 2. The van der Waals surface area contributed by atoms with Gasteiger partial charge in [0.1, 0.15) is 31.9 Å². The molecule has 0 amide bonds. The predicted molar refractivity (Wildman–Crippen MR) is 157 cm³/mol. The molecule has 0 aliphatic rings. The molecule has 3 atom stereocenters. The summed E-state index contributed by atoms with van der Waals surface area (Å²) >= 11 is 0. The van der Waals surface area contributed by atoms with Crippen molar-refractivity contribution in [3.63, 3.8) is 0 Å². The summed E-state index contributed by atoms with van der Waals surface area (Å²) in [4.78, 5) is -0.135. The summed E-state index contributed by atoms with van der Waals surface area (Å²) in [6.45, 7) is 11.6. The molecule has 0 aliphatic heterocycles. The van der Waals surface area contributed by atoms with Crippen LogP contribution in [0.3, 0.4) is 0 Å². The quantitative estimate of drug-likeness (QED) is 0.131. The Bertz CT molecular complexity index is 1200. The molecule has 2 rings (SSSR count). The van der Waals surface area contributed by atoms with Crippen molar-refractivity contribution in [2.24, 2.45) is 5.92 Å². The van der Waals surface area contributed by atoms with Crippen molar-refractivity contribution >= 4 is 10.1 Å². The summed E-state index contributed by atoms with van der Waals surface area (Å²) in [5.41, 5.74) is 3.26. The van der Waals surface area contributed by atoms with E-state index >= 15 is 0 Å². The van der Waals surface area contributed by atoms with Crippen molar-refractivity contribution in [3.05, 3.63) is 77.6 Å². The van der Waals surface area contributed by atoms with Gasteiger partial charge >= 0.3 is 0 Å². The molecule has 3 unspecified atom stereocenters. The number of benzene rings is 2. The Morgan fingerprint density at radius 3 is 2.00 bits per heavy atom. The third kappa shape index (κ3) is 10.3. The molecule has 0 saturated heterocycles. The Labute approximate surface area is 240 Å². The van der Waals surface area contributed by atoms with E-state index in [2.05, 4.69) is 43.8 Å². The van der Waals surface area contributed by atoms with Crippen molar-refractivity contribution in [2.75, 3.05) is 47.1 Å². The van der Waals surface area contributed by atoms with Gasteiger partial charge in [0.25, 0.3) is 10.1 Å². The summed E-state index contributed by atoms with van der Waals surface area (Å²) in [7, 11) is -0.882. The van der Waals surface area contributed by atoms with Gasteiger partial charge < -0.3 is 19.1 Å². The number of quaternary nitrogens is 1. The van der Waals surface area contributed by atoms with Gasteiger partial charge in [0.15, 0.2) is 0 Å². The number of aliphatic hydroxyl groups is 1. The first-order valence-corrected chi connectivity index (χ1v) is 15.2. The summed E-state index contributed by atoms with van der Waals surface area (Å²) in [5.74, 6) is 0.266. The highest BCUT2D eigenvalue weighted by Gasteiger charge is 2.29. The minimum Gasteiger partial charge on any atom is -0.507 e. The highest BCUT2D eigenvalue weighted by Crippen LogP contribution is 2.33. The number of methoxy groups -OCH3 is 2. The second kappa shape index (κ2) is 15.9. The minimum absolute atomic E-state index is 0.0614. The Morgan fingerprint density at radius 2 is 1.55 bits per heavy atom. The molecule has 40 heavy (non-hydrogen) atoms. The number of aliphatic hydroxyl groups excluding tert-OH is 1. The van der Waals surface area contributed by atoms with Crippen LogP contribution >= 0.6 is 0 Å². The number of hydrogen-bond donors (Lipinski definition) is 2. The Hall–Kier alpha value is -2.74. The van der Waals surface area contributed by atoms with Crippen LogP contribution in [-0.4, -0.2) is 69.6 Å². The zero-order chi connectivity index (χ0) is 29.8. The van der Waals surface area contributed by atoms with Gasteiger partial charge in [0.2, 0.25) is 0 Å². The standard InChI is InChI=1S/C31H44N2O6S/c1-6-28(20-27(21-32)19-24(2)29-11-13-31(14-12-29)40(35,36)37)30-9-7-26(8-10-30)23-33(15-17-38-4,16-18-39-5)22-25(3)34/h7-14,24,27-28H,3,6,15-20,22-23H2,1-2,4-5H3,(H-,34,35,36,37)/p+1. The van der Waals surface area contributed by atoms with E-state index in [9.17, 15) is 23.3 Å². The Morgan fingerprint density at radius 1 is 1.00 bits per heavy atom. The van der Waals surface area contributed by atoms with Crippen LogP contribution in [0, 0.1) is 17.2 Å². The van der Waals surface area contributed by atoms with E-state index in [4.69, 9.17) is 9.47 Å². The van der Waals surface area contributed by atoms with Crippen molar-refractivity contribution in [1.82, 2.24) is 0 Å². The topological polar surface area (TPSA) is 117 Å². The van der Waals surface area contributed by atoms with Crippen LogP contribution in [-0.2, 0) is 26.1 Å². The second-order valence-electron chi connectivity index (χ2n) is 10.7. The summed E-state index contributed by atoms with van der Waals surface area (Å²) in [6.07, 6.45) is 2.28. The Balaban J connectivity index is 2.13. The molecule has 0 aromatic heterocycles. The highest BCUT2D eigenvalue weighted by molar-refractivity contribution is 7.85. The fourth-order valence-electron chi connectivity index (χ4n) is 5.34. The average molecular weight is 574 g/mol. The molecule has 0 radical (unpaired) electrons. The van der Waals surface area contributed by atoms with Crippen LogP contribution in [0.15, 0.2) is 65.8 Å². The minimum atomic E-state index is -4.23. The Kier molecular flexibility index (Phi) is 13.3. The lowest BCUT2D eigenvalue weighted by Gasteiger charge is -2.38. The maximum Gasteiger partial charge on any atom is 0.294 e. The van der Waals surface area contributed by atoms with E-state index < -0.39 is 10.1 Å². The van der Waals surface area contributed by atoms with Gasteiger partial charge in [-0.2, -0.15) is 13.7 Å². The third-order valence-corrected chi connectivity index (χ3v) is 8.52. The van der Waals surface area contributed by atoms with Gasteiger partial charge in [-0.05, 0) is 54.4 Å². The first kappa shape index (κ1) is 33.5.